The number of rotatable bonds is 1. The van der Waals surface area contributed by atoms with E-state index in [1.54, 1.807) is 0 Å². The molecule has 0 N–H and O–H groups in total. The van der Waals surface area contributed by atoms with E-state index in [0.717, 1.165) is 34.0 Å². The number of hydrogen-bond donors (Lipinski definition) is 0. The van der Waals surface area contributed by atoms with Crippen molar-refractivity contribution in [2.24, 2.45) is 0 Å². The van der Waals surface area contributed by atoms with Crippen molar-refractivity contribution in [2.45, 2.75) is 40.0 Å². The summed E-state index contributed by atoms with van der Waals surface area (Å²) in [5.41, 5.74) is 4.95. The molecule has 0 radical (unpaired) electrons. The number of benzene rings is 1. The number of aromatic nitrogens is 1. The van der Waals surface area contributed by atoms with Gasteiger partial charge in [-0.2, -0.15) is 0 Å². The Labute approximate surface area is 108 Å². The van der Waals surface area contributed by atoms with Gasteiger partial charge in [0.2, 0.25) is 0 Å². The Morgan fingerprint density at radius 1 is 1.17 bits per heavy atom. The summed E-state index contributed by atoms with van der Waals surface area (Å²) < 4.78 is 0. The minimum absolute atomic E-state index is 0.0534. The van der Waals surface area contributed by atoms with Crippen LogP contribution in [-0.4, -0.2) is 11.3 Å². The molecule has 0 unspecified atom stereocenters. The van der Waals surface area contributed by atoms with Gasteiger partial charge in [-0.05, 0) is 31.0 Å². The van der Waals surface area contributed by atoms with Crippen molar-refractivity contribution in [1.29, 1.82) is 0 Å². The summed E-state index contributed by atoms with van der Waals surface area (Å²) in [6, 6.07) is 5.94. The van der Waals surface area contributed by atoms with Gasteiger partial charge >= 0.3 is 0 Å². The summed E-state index contributed by atoms with van der Waals surface area (Å²) in [7, 11) is 0. The SMILES string of the molecule is Cc1ccc2c(C=O)cc(C(C)(C)C)nc2c1C. The van der Waals surface area contributed by atoms with Gasteiger partial charge in [-0.15, -0.1) is 0 Å². The second-order valence-corrected chi connectivity index (χ2v) is 5.87. The third kappa shape index (κ3) is 2.03. The van der Waals surface area contributed by atoms with Crippen molar-refractivity contribution in [3.8, 4) is 0 Å². The van der Waals surface area contributed by atoms with Crippen molar-refractivity contribution in [1.82, 2.24) is 4.98 Å². The van der Waals surface area contributed by atoms with E-state index in [1.807, 2.05) is 18.2 Å². The molecule has 2 rings (SSSR count). The Morgan fingerprint density at radius 2 is 1.83 bits per heavy atom. The number of pyridine rings is 1. The first-order chi connectivity index (χ1) is 8.34. The Kier molecular flexibility index (Phi) is 2.97. The van der Waals surface area contributed by atoms with Crippen LogP contribution in [0.1, 0.15) is 48.0 Å². The first kappa shape index (κ1) is 12.7. The number of aryl methyl sites for hydroxylation is 2. The lowest BCUT2D eigenvalue weighted by molar-refractivity contribution is 0.112. The largest absolute Gasteiger partial charge is 0.298 e. The molecule has 1 heterocycles. The zero-order valence-electron chi connectivity index (χ0n) is 11.7. The Morgan fingerprint density at radius 3 is 2.39 bits per heavy atom. The Bertz CT molecular complexity index is 621. The minimum atomic E-state index is -0.0534. The van der Waals surface area contributed by atoms with Crippen LogP contribution >= 0.6 is 0 Å². The zero-order chi connectivity index (χ0) is 13.5. The van der Waals surface area contributed by atoms with E-state index in [9.17, 15) is 4.79 Å². The molecule has 0 saturated heterocycles. The maximum absolute atomic E-state index is 11.3. The van der Waals surface area contributed by atoms with Crippen LogP contribution in [0, 0.1) is 13.8 Å². The molecule has 94 valence electrons. The normalized spacial score (nSPS) is 11.8. The van der Waals surface area contributed by atoms with Crippen LogP contribution in [0.25, 0.3) is 10.9 Å². The lowest BCUT2D eigenvalue weighted by Gasteiger charge is -2.20. The number of hydrogen-bond acceptors (Lipinski definition) is 2. The highest BCUT2D eigenvalue weighted by Crippen LogP contribution is 2.28. The van der Waals surface area contributed by atoms with E-state index < -0.39 is 0 Å². The van der Waals surface area contributed by atoms with Crippen molar-refractivity contribution >= 4 is 17.2 Å². The van der Waals surface area contributed by atoms with E-state index in [0.29, 0.717) is 0 Å². The molecule has 0 aliphatic heterocycles. The first-order valence-electron chi connectivity index (χ1n) is 6.21. The van der Waals surface area contributed by atoms with Gasteiger partial charge in [-0.25, -0.2) is 0 Å². The van der Waals surface area contributed by atoms with Crippen molar-refractivity contribution in [3.63, 3.8) is 0 Å². The highest BCUT2D eigenvalue weighted by atomic mass is 16.1. The third-order valence-electron chi connectivity index (χ3n) is 3.43. The van der Waals surface area contributed by atoms with Crippen LogP contribution in [0.15, 0.2) is 18.2 Å². The zero-order valence-corrected chi connectivity index (χ0v) is 11.7. The predicted molar refractivity (Wildman–Crippen MR) is 75.3 cm³/mol. The molecular formula is C16H19NO. The van der Waals surface area contributed by atoms with Crippen molar-refractivity contribution < 1.29 is 4.79 Å². The van der Waals surface area contributed by atoms with Gasteiger partial charge in [-0.1, -0.05) is 32.9 Å². The molecule has 2 heteroatoms. The molecule has 0 saturated carbocycles. The van der Waals surface area contributed by atoms with Gasteiger partial charge in [0.05, 0.1) is 5.52 Å². The van der Waals surface area contributed by atoms with E-state index in [1.165, 1.54) is 5.56 Å². The van der Waals surface area contributed by atoms with Gasteiger partial charge in [0, 0.05) is 22.1 Å². The fourth-order valence-electron chi connectivity index (χ4n) is 2.04. The van der Waals surface area contributed by atoms with E-state index in [4.69, 9.17) is 4.98 Å². The van der Waals surface area contributed by atoms with Crippen LogP contribution < -0.4 is 0 Å². The average Bonchev–Trinajstić information content (AvgIpc) is 2.31. The maximum Gasteiger partial charge on any atom is 0.150 e. The Balaban J connectivity index is 2.89. The average molecular weight is 241 g/mol. The monoisotopic (exact) mass is 241 g/mol. The van der Waals surface area contributed by atoms with Crippen molar-refractivity contribution in [3.05, 3.63) is 40.6 Å². The van der Waals surface area contributed by atoms with Crippen LogP contribution in [0.5, 0.6) is 0 Å². The molecule has 2 nitrogen and oxygen atoms in total. The fraction of sp³-hybridized carbons (Fsp3) is 0.375. The van der Waals surface area contributed by atoms with Crippen molar-refractivity contribution in [2.75, 3.05) is 0 Å². The Hall–Kier alpha value is -1.70. The first-order valence-corrected chi connectivity index (χ1v) is 6.21. The number of fused-ring (bicyclic) bond motifs is 1. The van der Waals surface area contributed by atoms with E-state index in [-0.39, 0.29) is 5.41 Å². The van der Waals surface area contributed by atoms with Crippen LogP contribution in [0.3, 0.4) is 0 Å². The molecule has 0 amide bonds. The molecule has 1 aromatic carbocycles. The second kappa shape index (κ2) is 4.20. The summed E-state index contributed by atoms with van der Waals surface area (Å²) in [4.78, 5) is 16.0. The minimum Gasteiger partial charge on any atom is -0.298 e. The molecule has 0 aliphatic rings. The summed E-state index contributed by atoms with van der Waals surface area (Å²) in [6.45, 7) is 10.5. The molecule has 1 aromatic heterocycles. The molecular weight excluding hydrogens is 222 g/mol. The van der Waals surface area contributed by atoms with Gasteiger partial charge < -0.3 is 0 Å². The molecule has 0 fully saturated rings. The third-order valence-corrected chi connectivity index (χ3v) is 3.43. The summed E-state index contributed by atoms with van der Waals surface area (Å²) in [5, 5.41) is 0.945. The summed E-state index contributed by atoms with van der Waals surface area (Å²) in [6.07, 6.45) is 0.925. The molecule has 18 heavy (non-hydrogen) atoms. The van der Waals surface area contributed by atoms with Crippen LogP contribution in [0.2, 0.25) is 0 Å². The predicted octanol–water partition coefficient (Wildman–Crippen LogP) is 3.96. The number of carbonyl (C=O) groups excluding carboxylic acids is 1. The molecule has 0 atom stereocenters. The summed E-state index contributed by atoms with van der Waals surface area (Å²) in [5.74, 6) is 0. The van der Waals surface area contributed by atoms with Gasteiger partial charge in [0.15, 0.2) is 6.29 Å². The quantitative estimate of drug-likeness (QED) is 0.707. The topological polar surface area (TPSA) is 30.0 Å². The second-order valence-electron chi connectivity index (χ2n) is 5.87. The highest BCUT2D eigenvalue weighted by molar-refractivity contribution is 5.98. The molecule has 0 spiro atoms. The van der Waals surface area contributed by atoms with Gasteiger partial charge in [-0.3, -0.25) is 9.78 Å². The van der Waals surface area contributed by atoms with E-state index in [2.05, 4.69) is 34.6 Å². The molecule has 0 bridgehead atoms. The lowest BCUT2D eigenvalue weighted by atomic mass is 9.89. The summed E-state index contributed by atoms with van der Waals surface area (Å²) >= 11 is 0. The molecule has 0 aliphatic carbocycles. The lowest BCUT2D eigenvalue weighted by Crippen LogP contribution is -2.14. The van der Waals surface area contributed by atoms with Gasteiger partial charge in [0.25, 0.3) is 0 Å². The van der Waals surface area contributed by atoms with Crippen LogP contribution in [0.4, 0.5) is 0 Å². The molecule has 2 aromatic rings. The fourth-order valence-corrected chi connectivity index (χ4v) is 2.04. The maximum atomic E-state index is 11.3. The smallest absolute Gasteiger partial charge is 0.150 e. The highest BCUT2D eigenvalue weighted by Gasteiger charge is 2.18. The van der Waals surface area contributed by atoms with Crippen LogP contribution in [-0.2, 0) is 5.41 Å². The van der Waals surface area contributed by atoms with E-state index >= 15 is 0 Å². The van der Waals surface area contributed by atoms with Gasteiger partial charge in [0.1, 0.15) is 0 Å². The number of carbonyl (C=O) groups is 1. The number of nitrogens with zero attached hydrogens (tertiary/aromatic N) is 1. The number of aldehydes is 1. The standard InChI is InChI=1S/C16H19NO/c1-10-6-7-13-12(9-18)8-14(16(3,4)5)17-15(13)11(10)2/h6-9H,1-5H3.